The van der Waals surface area contributed by atoms with E-state index >= 15 is 0 Å². The monoisotopic (exact) mass is 324 g/mol. The second-order valence-electron chi connectivity index (χ2n) is 5.34. The first-order valence-corrected chi connectivity index (χ1v) is 7.42. The molecule has 0 aliphatic rings. The van der Waals surface area contributed by atoms with Crippen molar-refractivity contribution in [2.24, 2.45) is 0 Å². The number of carboxylic acid groups (broad SMARTS) is 1. The number of anilines is 1. The molecule has 1 heterocycles. The molecule has 0 spiro atoms. The van der Waals surface area contributed by atoms with Crippen molar-refractivity contribution in [1.29, 1.82) is 0 Å². The molecule has 0 aliphatic carbocycles. The summed E-state index contributed by atoms with van der Waals surface area (Å²) < 4.78 is 0. The molecular formula is C18H16N2O4. The van der Waals surface area contributed by atoms with E-state index in [1.807, 2.05) is 18.2 Å². The van der Waals surface area contributed by atoms with Gasteiger partial charge in [0.25, 0.3) is 0 Å². The summed E-state index contributed by atoms with van der Waals surface area (Å²) in [4.78, 5) is 28.0. The van der Waals surface area contributed by atoms with Crippen LogP contribution in [0.5, 0.6) is 0 Å². The first-order valence-electron chi connectivity index (χ1n) is 7.42. The average Bonchev–Trinajstić information content (AvgIpc) is 2.99. The molecule has 6 heteroatoms. The second kappa shape index (κ2) is 6.55. The van der Waals surface area contributed by atoms with E-state index in [9.17, 15) is 19.8 Å². The molecule has 1 atom stereocenters. The maximum atomic E-state index is 12.8. The molecule has 0 saturated carbocycles. The van der Waals surface area contributed by atoms with Gasteiger partial charge in [-0.25, -0.2) is 4.79 Å². The Balaban J connectivity index is 2.01. The molecule has 3 aromatic rings. The minimum absolute atomic E-state index is 0.156. The highest BCUT2D eigenvalue weighted by Crippen LogP contribution is 2.26. The maximum Gasteiger partial charge on any atom is 0.419 e. The van der Waals surface area contributed by atoms with Crippen LogP contribution in [0.3, 0.4) is 0 Å². The van der Waals surface area contributed by atoms with Gasteiger partial charge in [-0.1, -0.05) is 48.5 Å². The number of hydrogen-bond donors (Lipinski definition) is 3. The lowest BCUT2D eigenvalue weighted by Gasteiger charge is -2.21. The van der Waals surface area contributed by atoms with E-state index in [1.165, 1.54) is 0 Å². The van der Waals surface area contributed by atoms with Gasteiger partial charge < -0.3 is 15.2 Å². The highest BCUT2D eigenvalue weighted by atomic mass is 16.4. The molecule has 0 aliphatic heterocycles. The zero-order chi connectivity index (χ0) is 17.1. The van der Waals surface area contributed by atoms with Gasteiger partial charge in [-0.3, -0.25) is 4.79 Å². The van der Waals surface area contributed by atoms with E-state index in [-0.39, 0.29) is 5.82 Å². The summed E-state index contributed by atoms with van der Waals surface area (Å²) in [6, 6.07) is 17.5. The number of carbonyl (C=O) groups excluding carboxylic acids is 1. The highest BCUT2D eigenvalue weighted by Gasteiger charge is 2.31. The van der Waals surface area contributed by atoms with Gasteiger partial charge >= 0.3 is 6.09 Å². The average molecular weight is 324 g/mol. The minimum atomic E-state index is -1.40. The predicted molar refractivity (Wildman–Crippen MR) is 90.1 cm³/mol. The van der Waals surface area contributed by atoms with Crippen LogP contribution in [0.1, 0.15) is 11.5 Å². The van der Waals surface area contributed by atoms with Gasteiger partial charge in [0.05, 0.1) is 12.5 Å². The van der Waals surface area contributed by atoms with E-state index in [0.29, 0.717) is 10.5 Å². The summed E-state index contributed by atoms with van der Waals surface area (Å²) in [5.41, 5.74) is 1.29. The summed E-state index contributed by atoms with van der Waals surface area (Å²) in [5, 5.41) is 19.9. The van der Waals surface area contributed by atoms with Crippen molar-refractivity contribution >= 4 is 28.7 Å². The number of carbonyl (C=O) groups is 2. The number of rotatable bonds is 4. The Morgan fingerprint density at radius 3 is 2.33 bits per heavy atom. The topological polar surface area (TPSA) is 93.6 Å². The van der Waals surface area contributed by atoms with Crippen LogP contribution >= 0.6 is 0 Å². The Hall–Kier alpha value is -3.12. The van der Waals surface area contributed by atoms with Crippen molar-refractivity contribution in [2.45, 2.75) is 5.92 Å². The number of amides is 2. The number of fused-ring (bicyclic) bond motifs is 1. The quantitative estimate of drug-likeness (QED) is 0.688. The zero-order valence-corrected chi connectivity index (χ0v) is 12.7. The molecule has 24 heavy (non-hydrogen) atoms. The van der Waals surface area contributed by atoms with E-state index in [0.717, 1.165) is 10.9 Å². The van der Waals surface area contributed by atoms with Crippen LogP contribution in [0.4, 0.5) is 10.6 Å². The van der Waals surface area contributed by atoms with E-state index in [1.54, 1.807) is 42.5 Å². The van der Waals surface area contributed by atoms with Gasteiger partial charge in [-0.05, 0) is 17.7 Å². The summed E-state index contributed by atoms with van der Waals surface area (Å²) in [7, 11) is 0. The normalized spacial score (nSPS) is 12.0. The summed E-state index contributed by atoms with van der Waals surface area (Å²) in [5.74, 6) is -1.50. The fourth-order valence-electron chi connectivity index (χ4n) is 2.66. The molecular weight excluding hydrogens is 308 g/mol. The Kier molecular flexibility index (Phi) is 4.31. The molecule has 0 saturated heterocycles. The number of aromatic nitrogens is 1. The van der Waals surface area contributed by atoms with E-state index in [2.05, 4.69) is 4.98 Å². The van der Waals surface area contributed by atoms with Crippen molar-refractivity contribution in [1.82, 2.24) is 4.98 Å². The van der Waals surface area contributed by atoms with Crippen LogP contribution in [0.25, 0.3) is 10.9 Å². The van der Waals surface area contributed by atoms with Crippen molar-refractivity contribution in [3.63, 3.8) is 0 Å². The van der Waals surface area contributed by atoms with Gasteiger partial charge in [-0.2, -0.15) is 4.90 Å². The van der Waals surface area contributed by atoms with Crippen LogP contribution in [-0.4, -0.2) is 33.8 Å². The second-order valence-corrected chi connectivity index (χ2v) is 5.34. The molecule has 0 bridgehead atoms. The third kappa shape index (κ3) is 2.87. The lowest BCUT2D eigenvalue weighted by molar-refractivity contribution is -0.120. The Bertz CT molecular complexity index is 840. The first-order chi connectivity index (χ1) is 11.6. The third-order valence-electron chi connectivity index (χ3n) is 3.85. The molecule has 1 unspecified atom stereocenters. The first kappa shape index (κ1) is 15.8. The number of para-hydroxylation sites is 1. The number of aromatic amines is 1. The summed E-state index contributed by atoms with van der Waals surface area (Å²) in [6.07, 6.45) is -1.40. The fraction of sp³-hybridized carbons (Fsp3) is 0.111. The molecule has 0 fully saturated rings. The summed E-state index contributed by atoms with van der Waals surface area (Å²) >= 11 is 0. The summed E-state index contributed by atoms with van der Waals surface area (Å²) in [6.45, 7) is -0.479. The lowest BCUT2D eigenvalue weighted by atomic mass is 9.98. The van der Waals surface area contributed by atoms with Crippen molar-refractivity contribution in [3.05, 3.63) is 66.2 Å². The maximum absolute atomic E-state index is 12.8. The van der Waals surface area contributed by atoms with Gasteiger partial charge in [-0.15, -0.1) is 0 Å². The van der Waals surface area contributed by atoms with Crippen LogP contribution < -0.4 is 4.90 Å². The van der Waals surface area contributed by atoms with Crippen molar-refractivity contribution < 1.29 is 19.8 Å². The van der Waals surface area contributed by atoms with Gasteiger partial charge in [0, 0.05) is 10.9 Å². The van der Waals surface area contributed by atoms with Crippen molar-refractivity contribution in [3.8, 4) is 0 Å². The number of aliphatic hydroxyl groups is 1. The van der Waals surface area contributed by atoms with Crippen LogP contribution in [0.15, 0.2) is 60.7 Å². The molecule has 3 rings (SSSR count). The molecule has 122 valence electrons. The van der Waals surface area contributed by atoms with Crippen LogP contribution in [0.2, 0.25) is 0 Å². The van der Waals surface area contributed by atoms with E-state index < -0.39 is 24.5 Å². The molecule has 2 amide bonds. The predicted octanol–water partition coefficient (Wildman–Crippen LogP) is 2.96. The number of nitrogens with zero attached hydrogens (tertiary/aromatic N) is 1. The SMILES string of the molecule is O=C(O)N(C(=O)C(CO)c1ccccc1)c1cc2ccccc2[nH]1. The fourth-order valence-corrected chi connectivity index (χ4v) is 2.66. The number of aliphatic hydroxyl groups excluding tert-OH is 1. The van der Waals surface area contributed by atoms with Gasteiger partial charge in [0.1, 0.15) is 5.82 Å². The number of benzene rings is 2. The number of H-pyrrole nitrogens is 1. The Labute approximate surface area is 138 Å². The molecule has 1 aromatic heterocycles. The van der Waals surface area contributed by atoms with E-state index in [4.69, 9.17) is 0 Å². The standard InChI is InChI=1S/C18H16N2O4/c21-11-14(12-6-2-1-3-7-12)17(22)20(18(23)24)16-10-13-8-4-5-9-15(13)19-16/h1-10,14,19,21H,11H2,(H,23,24). The number of hydrogen-bond acceptors (Lipinski definition) is 3. The number of imide groups is 1. The number of nitrogens with one attached hydrogen (secondary N) is 1. The third-order valence-corrected chi connectivity index (χ3v) is 3.85. The Morgan fingerprint density at radius 2 is 1.71 bits per heavy atom. The van der Waals surface area contributed by atoms with Crippen LogP contribution in [0, 0.1) is 0 Å². The molecule has 3 N–H and O–H groups in total. The smallest absolute Gasteiger partial charge is 0.419 e. The van der Waals surface area contributed by atoms with Gasteiger partial charge in [0.2, 0.25) is 5.91 Å². The molecule has 0 radical (unpaired) electrons. The Morgan fingerprint density at radius 1 is 1.04 bits per heavy atom. The van der Waals surface area contributed by atoms with Crippen molar-refractivity contribution in [2.75, 3.05) is 11.5 Å². The lowest BCUT2D eigenvalue weighted by Crippen LogP contribution is -2.40. The minimum Gasteiger partial charge on any atom is -0.464 e. The van der Waals surface area contributed by atoms with Crippen LogP contribution in [-0.2, 0) is 4.79 Å². The molecule has 2 aromatic carbocycles. The zero-order valence-electron chi connectivity index (χ0n) is 12.7. The van der Waals surface area contributed by atoms with Gasteiger partial charge in [0.15, 0.2) is 0 Å². The molecule has 6 nitrogen and oxygen atoms in total. The largest absolute Gasteiger partial charge is 0.464 e. The highest BCUT2D eigenvalue weighted by molar-refractivity contribution is 6.14.